The number of aliphatic hydroxyl groups is 1. The third kappa shape index (κ3) is 3.58. The van der Waals surface area contributed by atoms with Gasteiger partial charge in [0.2, 0.25) is 5.91 Å². The van der Waals surface area contributed by atoms with Gasteiger partial charge in [0.25, 0.3) is 0 Å². The van der Waals surface area contributed by atoms with Crippen molar-refractivity contribution in [3.63, 3.8) is 0 Å². The first-order valence-electron chi connectivity index (χ1n) is 8.77. The molecule has 0 radical (unpaired) electrons. The molecule has 1 aromatic heterocycles. The molecule has 6 heteroatoms. The summed E-state index contributed by atoms with van der Waals surface area (Å²) in [5, 5.41) is 19.1. The van der Waals surface area contributed by atoms with Gasteiger partial charge in [-0.3, -0.25) is 4.79 Å². The second-order valence-corrected chi connectivity index (χ2v) is 7.38. The summed E-state index contributed by atoms with van der Waals surface area (Å²) in [5.74, 6) is 0.0425. The molecule has 6 nitrogen and oxygen atoms in total. The van der Waals surface area contributed by atoms with E-state index in [-0.39, 0.29) is 18.5 Å². The first kappa shape index (κ1) is 17.6. The zero-order valence-electron chi connectivity index (χ0n) is 15.4. The normalized spacial score (nSPS) is 20.5. The number of hydrogen-bond acceptors (Lipinski definition) is 4. The number of likely N-dealkylation sites (tertiary alicyclic amines) is 1. The minimum atomic E-state index is -1.11. The molecule has 1 N–H and O–H groups in total. The fourth-order valence-corrected chi connectivity index (χ4v) is 3.22. The third-order valence-electron chi connectivity index (χ3n) is 4.96. The fraction of sp³-hybridized carbons (Fsp3) is 0.526. The quantitative estimate of drug-likeness (QED) is 0.924. The molecule has 1 atom stereocenters. The number of aryl methyl sites for hydroxylation is 2. The maximum absolute atomic E-state index is 12.7. The van der Waals surface area contributed by atoms with Crippen LogP contribution in [0.2, 0.25) is 0 Å². The molecule has 0 saturated carbocycles. The zero-order chi connectivity index (χ0) is 18.2. The Bertz CT molecular complexity index is 783. The molecule has 0 bridgehead atoms. The van der Waals surface area contributed by atoms with Crippen molar-refractivity contribution < 1.29 is 9.90 Å². The molecule has 0 aliphatic carbocycles. The Kier molecular flexibility index (Phi) is 4.64. The van der Waals surface area contributed by atoms with E-state index in [4.69, 9.17) is 0 Å². The number of nitrogens with zero attached hydrogens (tertiary/aromatic N) is 4. The van der Waals surface area contributed by atoms with Crippen molar-refractivity contribution in [3.05, 3.63) is 46.8 Å². The second kappa shape index (κ2) is 6.59. The molecule has 1 aliphatic heterocycles. The molecule has 1 fully saturated rings. The highest BCUT2D eigenvalue weighted by Crippen LogP contribution is 2.31. The van der Waals surface area contributed by atoms with Crippen LogP contribution in [-0.4, -0.2) is 44.0 Å². The predicted octanol–water partition coefficient (Wildman–Crippen LogP) is 2.14. The van der Waals surface area contributed by atoms with Crippen LogP contribution in [0.25, 0.3) is 0 Å². The third-order valence-corrected chi connectivity index (χ3v) is 4.96. The average Bonchev–Trinajstić information content (AvgIpc) is 3.19. The molecule has 0 unspecified atom stereocenters. The second-order valence-electron chi connectivity index (χ2n) is 7.38. The van der Waals surface area contributed by atoms with Crippen LogP contribution in [0, 0.1) is 13.8 Å². The van der Waals surface area contributed by atoms with E-state index in [1.54, 1.807) is 15.8 Å². The van der Waals surface area contributed by atoms with Crippen LogP contribution in [0.4, 0.5) is 0 Å². The molecule has 2 aromatic rings. The van der Waals surface area contributed by atoms with Crippen molar-refractivity contribution in [2.24, 2.45) is 0 Å². The highest BCUT2D eigenvalue weighted by molar-refractivity contribution is 5.79. The molecule has 0 spiro atoms. The first-order valence-corrected chi connectivity index (χ1v) is 8.77. The van der Waals surface area contributed by atoms with E-state index in [2.05, 4.69) is 22.4 Å². The molecular formula is C19H26N4O2. The summed E-state index contributed by atoms with van der Waals surface area (Å²) in [5.41, 5.74) is 2.75. The standard InChI is InChI=1S/C19H26N4O2/c1-13(2)23-11-17(20-21-23)19(25)7-8-22(12-19)18(24)10-16-9-14(3)5-6-15(16)4/h5-6,9,11,13,25H,7-8,10,12H2,1-4H3/t19-/m1/s1. The van der Waals surface area contributed by atoms with Crippen LogP contribution in [0.1, 0.15) is 48.7 Å². The number of hydrogen-bond donors (Lipinski definition) is 1. The number of β-amino-alcohol motifs (C(OH)–C–C–N with tert-alkyl or cyclic N) is 1. The molecule has 1 aromatic carbocycles. The topological polar surface area (TPSA) is 71.2 Å². The van der Waals surface area contributed by atoms with E-state index in [1.165, 1.54) is 0 Å². The number of benzene rings is 1. The van der Waals surface area contributed by atoms with Crippen LogP contribution >= 0.6 is 0 Å². The fourth-order valence-electron chi connectivity index (χ4n) is 3.22. The van der Waals surface area contributed by atoms with Crippen molar-refractivity contribution >= 4 is 5.91 Å². The summed E-state index contributed by atoms with van der Waals surface area (Å²) >= 11 is 0. The summed E-state index contributed by atoms with van der Waals surface area (Å²) in [7, 11) is 0. The van der Waals surface area contributed by atoms with Crippen LogP contribution in [0.3, 0.4) is 0 Å². The number of aromatic nitrogens is 3. The van der Waals surface area contributed by atoms with E-state index in [9.17, 15) is 9.90 Å². The van der Waals surface area contributed by atoms with Crippen LogP contribution in [0.5, 0.6) is 0 Å². The molecule has 2 heterocycles. The van der Waals surface area contributed by atoms with Gasteiger partial charge in [-0.05, 0) is 38.8 Å². The zero-order valence-corrected chi connectivity index (χ0v) is 15.4. The Hall–Kier alpha value is -2.21. The van der Waals surface area contributed by atoms with Gasteiger partial charge >= 0.3 is 0 Å². The predicted molar refractivity (Wildman–Crippen MR) is 95.1 cm³/mol. The summed E-state index contributed by atoms with van der Waals surface area (Å²) in [4.78, 5) is 14.4. The first-order chi connectivity index (χ1) is 11.8. The Balaban J connectivity index is 1.70. The molecule has 25 heavy (non-hydrogen) atoms. The van der Waals surface area contributed by atoms with E-state index in [1.807, 2.05) is 33.8 Å². The van der Waals surface area contributed by atoms with Gasteiger partial charge in [-0.1, -0.05) is 29.0 Å². The smallest absolute Gasteiger partial charge is 0.227 e. The Morgan fingerprint density at radius 1 is 1.36 bits per heavy atom. The van der Waals surface area contributed by atoms with Gasteiger partial charge in [0.15, 0.2) is 0 Å². The highest BCUT2D eigenvalue weighted by Gasteiger charge is 2.41. The molecule has 1 saturated heterocycles. The van der Waals surface area contributed by atoms with Gasteiger partial charge in [-0.25, -0.2) is 4.68 Å². The average molecular weight is 342 g/mol. The van der Waals surface area contributed by atoms with Crippen molar-refractivity contribution in [3.8, 4) is 0 Å². The highest BCUT2D eigenvalue weighted by atomic mass is 16.3. The molecule has 134 valence electrons. The maximum atomic E-state index is 12.7. The number of rotatable bonds is 4. The van der Waals surface area contributed by atoms with Gasteiger partial charge < -0.3 is 10.0 Å². The van der Waals surface area contributed by atoms with E-state index >= 15 is 0 Å². The Labute approximate surface area is 148 Å². The monoisotopic (exact) mass is 342 g/mol. The number of carbonyl (C=O) groups is 1. The molecular weight excluding hydrogens is 316 g/mol. The van der Waals surface area contributed by atoms with Crippen LogP contribution < -0.4 is 0 Å². The van der Waals surface area contributed by atoms with Crippen LogP contribution in [-0.2, 0) is 16.8 Å². The lowest BCUT2D eigenvalue weighted by molar-refractivity contribution is -0.130. The minimum absolute atomic E-state index is 0.0425. The van der Waals surface area contributed by atoms with Crippen molar-refractivity contribution in [2.75, 3.05) is 13.1 Å². The van der Waals surface area contributed by atoms with Gasteiger partial charge in [0.05, 0.1) is 19.2 Å². The van der Waals surface area contributed by atoms with E-state index in [0.717, 1.165) is 16.7 Å². The summed E-state index contributed by atoms with van der Waals surface area (Å²) in [6.07, 6.45) is 2.63. The molecule has 3 rings (SSSR count). The SMILES string of the molecule is Cc1ccc(C)c(CC(=O)N2CC[C@](O)(c3cn(C(C)C)nn3)C2)c1. The van der Waals surface area contributed by atoms with Crippen molar-refractivity contribution in [2.45, 2.75) is 52.2 Å². The van der Waals surface area contributed by atoms with Crippen molar-refractivity contribution in [1.82, 2.24) is 19.9 Å². The van der Waals surface area contributed by atoms with E-state index in [0.29, 0.717) is 25.1 Å². The summed E-state index contributed by atoms with van der Waals surface area (Å²) in [6.45, 7) is 8.88. The number of amides is 1. The maximum Gasteiger partial charge on any atom is 0.227 e. The lowest BCUT2D eigenvalue weighted by Crippen LogP contribution is -2.35. The molecule has 1 amide bonds. The van der Waals surface area contributed by atoms with Gasteiger partial charge in [0.1, 0.15) is 11.3 Å². The minimum Gasteiger partial charge on any atom is -0.381 e. The van der Waals surface area contributed by atoms with Crippen molar-refractivity contribution in [1.29, 1.82) is 0 Å². The lowest BCUT2D eigenvalue weighted by atomic mass is 10.00. The summed E-state index contributed by atoms with van der Waals surface area (Å²) < 4.78 is 1.73. The van der Waals surface area contributed by atoms with Gasteiger partial charge in [-0.15, -0.1) is 5.10 Å². The largest absolute Gasteiger partial charge is 0.381 e. The van der Waals surface area contributed by atoms with Gasteiger partial charge in [0, 0.05) is 19.0 Å². The van der Waals surface area contributed by atoms with Gasteiger partial charge in [-0.2, -0.15) is 0 Å². The Morgan fingerprint density at radius 3 is 2.80 bits per heavy atom. The Morgan fingerprint density at radius 2 is 2.12 bits per heavy atom. The lowest BCUT2D eigenvalue weighted by Gasteiger charge is -2.21. The van der Waals surface area contributed by atoms with E-state index < -0.39 is 5.60 Å². The number of carbonyl (C=O) groups excluding carboxylic acids is 1. The molecule has 1 aliphatic rings. The summed E-state index contributed by atoms with van der Waals surface area (Å²) in [6, 6.07) is 6.34. The van der Waals surface area contributed by atoms with Crippen LogP contribution in [0.15, 0.2) is 24.4 Å².